The van der Waals surface area contributed by atoms with Gasteiger partial charge in [-0.3, -0.25) is 4.57 Å². The summed E-state index contributed by atoms with van der Waals surface area (Å²) in [5.74, 6) is 0.0787. The van der Waals surface area contributed by atoms with Gasteiger partial charge < -0.3 is 9.01 Å². The van der Waals surface area contributed by atoms with Crippen molar-refractivity contribution in [3.63, 3.8) is 0 Å². The van der Waals surface area contributed by atoms with Crippen molar-refractivity contribution in [2.24, 2.45) is 0 Å². The van der Waals surface area contributed by atoms with Crippen LogP contribution in [0.4, 0.5) is 0 Å². The Morgan fingerprint density at radius 2 is 2.00 bits per heavy atom. The Kier molecular flexibility index (Phi) is 1.68. The second-order valence-corrected chi connectivity index (χ2v) is 4.92. The highest BCUT2D eigenvalue weighted by Gasteiger charge is 2.38. The van der Waals surface area contributed by atoms with Gasteiger partial charge in [0.1, 0.15) is 6.54 Å². The molecule has 0 saturated carbocycles. The molecule has 0 aromatic rings. The number of hydrogen-bond donors (Lipinski definition) is 0. The summed E-state index contributed by atoms with van der Waals surface area (Å²) in [5.41, 5.74) is 0. The van der Waals surface area contributed by atoms with Gasteiger partial charge in [0.25, 0.3) is 0 Å². The minimum absolute atomic E-state index is 0.0787. The van der Waals surface area contributed by atoms with Crippen molar-refractivity contribution in [3.8, 4) is 0 Å². The summed E-state index contributed by atoms with van der Waals surface area (Å²) < 4.78 is 16.2. The molecule has 1 rings (SSSR count). The highest BCUT2D eigenvalue weighted by Crippen LogP contribution is 2.50. The predicted octanol–water partition coefficient (Wildman–Crippen LogP) is 0.524. The second kappa shape index (κ2) is 2.08. The molecule has 1 fully saturated rings. The average molecular weight is 150 g/mol. The van der Waals surface area contributed by atoms with Crippen LogP contribution in [-0.2, 0) is 9.09 Å². The third kappa shape index (κ3) is 2.48. The average Bonchev–Trinajstić information content (AvgIpc) is 2.13. The summed E-state index contributed by atoms with van der Waals surface area (Å²) >= 11 is 0. The normalized spacial score (nSPS) is 34.6. The van der Waals surface area contributed by atoms with Crippen LogP contribution in [0.15, 0.2) is 0 Å². The molecule has 0 spiro atoms. The minimum Gasteiger partial charge on any atom is -0.328 e. The van der Waals surface area contributed by atoms with Crippen molar-refractivity contribution in [2.45, 2.75) is 5.85 Å². The Balaban J connectivity index is 2.27. The van der Waals surface area contributed by atoms with Crippen molar-refractivity contribution in [3.05, 3.63) is 0 Å². The zero-order valence-corrected chi connectivity index (χ0v) is 7.05. The third-order valence-electron chi connectivity index (χ3n) is 1.18. The van der Waals surface area contributed by atoms with E-state index in [1.807, 2.05) is 0 Å². The highest BCUT2D eigenvalue weighted by atomic mass is 31.1. The Morgan fingerprint density at radius 3 is 2.11 bits per heavy atom. The fraction of sp³-hybridized carbons (Fsp3) is 1.00. The van der Waals surface area contributed by atoms with E-state index in [1.54, 1.807) is 0 Å². The first-order valence-corrected chi connectivity index (χ1v) is 4.39. The van der Waals surface area contributed by atoms with E-state index in [-0.39, 0.29) is 5.85 Å². The third-order valence-corrected chi connectivity index (χ3v) is 2.29. The molecule has 1 saturated heterocycles. The van der Waals surface area contributed by atoms with Gasteiger partial charge in [0.05, 0.1) is 21.1 Å². The van der Waals surface area contributed by atoms with Gasteiger partial charge in [-0.25, -0.2) is 0 Å². The monoisotopic (exact) mass is 150 g/mol. The lowest BCUT2D eigenvalue weighted by Crippen LogP contribution is -2.37. The maximum absolute atomic E-state index is 10.5. The molecule has 0 bridgehead atoms. The molecule has 0 N–H and O–H groups in total. The molecule has 1 aliphatic rings. The summed E-state index contributed by atoms with van der Waals surface area (Å²) in [7, 11) is 4.63. The van der Waals surface area contributed by atoms with Gasteiger partial charge in [0.15, 0.2) is 5.85 Å². The molecule has 3 nitrogen and oxygen atoms in total. The van der Waals surface area contributed by atoms with E-state index >= 15 is 0 Å². The lowest BCUT2D eigenvalue weighted by molar-refractivity contribution is -0.870. The van der Waals surface area contributed by atoms with E-state index in [2.05, 4.69) is 21.1 Å². The minimum atomic E-state index is -1.57. The zero-order chi connectivity index (χ0) is 7.07. The maximum Gasteiger partial charge on any atom is 0.226 e. The highest BCUT2D eigenvalue weighted by molar-refractivity contribution is 7.46. The van der Waals surface area contributed by atoms with Gasteiger partial charge in [-0.1, -0.05) is 0 Å². The second-order valence-electron chi connectivity index (χ2n) is 3.40. The van der Waals surface area contributed by atoms with Gasteiger partial charge in [-0.05, 0) is 0 Å². The van der Waals surface area contributed by atoms with Gasteiger partial charge in [0, 0.05) is 0 Å². The number of rotatable bonds is 2. The van der Waals surface area contributed by atoms with Crippen molar-refractivity contribution in [1.29, 1.82) is 0 Å². The largest absolute Gasteiger partial charge is 0.328 e. The first-order chi connectivity index (χ1) is 3.99. The van der Waals surface area contributed by atoms with E-state index in [0.717, 1.165) is 11.0 Å². The van der Waals surface area contributed by atoms with Crippen molar-refractivity contribution in [1.82, 2.24) is 0 Å². The molecule has 0 aromatic heterocycles. The van der Waals surface area contributed by atoms with Crippen LogP contribution in [0.2, 0.25) is 0 Å². The topological polar surface area (TPSA) is 29.6 Å². The lowest BCUT2D eigenvalue weighted by atomic mass is 10.5. The quantitative estimate of drug-likeness (QED) is 0.326. The molecule has 0 radical (unpaired) electrons. The standard InChI is InChI=1S/C5H13NO2P/c1-6(2,3)4-5-8-9(5)7/h5,9H,4H2,1-3H3/q+1. The molecule has 2 atom stereocenters. The summed E-state index contributed by atoms with van der Waals surface area (Å²) in [5, 5.41) is 0. The van der Waals surface area contributed by atoms with E-state index in [9.17, 15) is 4.57 Å². The fourth-order valence-electron chi connectivity index (χ4n) is 0.715. The molecule has 1 aliphatic heterocycles. The number of hydrogen-bond acceptors (Lipinski definition) is 2. The van der Waals surface area contributed by atoms with Gasteiger partial charge in [-0.15, -0.1) is 0 Å². The summed E-state index contributed by atoms with van der Waals surface area (Å²) in [6.07, 6.45) is 0. The van der Waals surface area contributed by atoms with Crippen LogP contribution in [0.3, 0.4) is 0 Å². The van der Waals surface area contributed by atoms with Crippen LogP contribution < -0.4 is 0 Å². The van der Waals surface area contributed by atoms with Crippen LogP contribution in [0, 0.1) is 0 Å². The Morgan fingerprint density at radius 1 is 1.56 bits per heavy atom. The summed E-state index contributed by atoms with van der Waals surface area (Å²) in [6, 6.07) is 0. The molecular weight excluding hydrogens is 137 g/mol. The maximum atomic E-state index is 10.5. The molecule has 4 heteroatoms. The van der Waals surface area contributed by atoms with Crippen molar-refractivity contribution >= 4 is 8.03 Å². The van der Waals surface area contributed by atoms with Crippen LogP contribution in [0.1, 0.15) is 0 Å². The molecular formula is C5H13NO2P+. The molecule has 9 heavy (non-hydrogen) atoms. The van der Waals surface area contributed by atoms with Crippen LogP contribution in [0.5, 0.6) is 0 Å². The zero-order valence-electron chi connectivity index (χ0n) is 6.05. The van der Waals surface area contributed by atoms with Gasteiger partial charge in [-0.2, -0.15) is 0 Å². The lowest BCUT2D eigenvalue weighted by Gasteiger charge is -2.21. The molecule has 0 aromatic carbocycles. The van der Waals surface area contributed by atoms with Crippen molar-refractivity contribution in [2.75, 3.05) is 27.7 Å². The smallest absolute Gasteiger partial charge is 0.226 e. The molecule has 54 valence electrons. The van der Waals surface area contributed by atoms with Gasteiger partial charge >= 0.3 is 0 Å². The number of likely N-dealkylation sites (N-methyl/N-ethyl adjacent to an activating group) is 1. The first kappa shape index (κ1) is 7.26. The molecule has 0 amide bonds. The van der Waals surface area contributed by atoms with Crippen molar-refractivity contribution < 1.29 is 13.6 Å². The predicted molar refractivity (Wildman–Crippen MR) is 36.8 cm³/mol. The Bertz CT molecular complexity index is 140. The number of nitrogens with zero attached hydrogens (tertiary/aromatic N) is 1. The fourth-order valence-corrected chi connectivity index (χ4v) is 1.84. The Hall–Kier alpha value is 0.150. The molecule has 0 aliphatic carbocycles. The van der Waals surface area contributed by atoms with E-state index in [1.165, 1.54) is 0 Å². The van der Waals surface area contributed by atoms with E-state index < -0.39 is 8.03 Å². The van der Waals surface area contributed by atoms with Gasteiger partial charge in [0.2, 0.25) is 8.03 Å². The van der Waals surface area contributed by atoms with Crippen LogP contribution >= 0.6 is 8.03 Å². The SMILES string of the molecule is C[N+](C)(C)CC1O[PH]1=O. The summed E-state index contributed by atoms with van der Waals surface area (Å²) in [4.78, 5) is 0. The molecule has 2 unspecified atom stereocenters. The molecule has 1 heterocycles. The first-order valence-electron chi connectivity index (χ1n) is 3.00. The Labute approximate surface area is 56.1 Å². The summed E-state index contributed by atoms with van der Waals surface area (Å²) in [6.45, 7) is 0.873. The van der Waals surface area contributed by atoms with E-state index in [0.29, 0.717) is 0 Å². The number of quaternary nitrogens is 1. The van der Waals surface area contributed by atoms with Crippen LogP contribution in [-0.4, -0.2) is 38.0 Å². The van der Waals surface area contributed by atoms with Crippen LogP contribution in [0.25, 0.3) is 0 Å². The van der Waals surface area contributed by atoms with E-state index in [4.69, 9.17) is 4.52 Å².